The average Bonchev–Trinajstić information content (AvgIpc) is 2.72. The Hall–Kier alpha value is -2.50. The van der Waals surface area contributed by atoms with Gasteiger partial charge in [-0.05, 0) is 29.3 Å². The number of fused-ring (bicyclic) bond motifs is 1. The van der Waals surface area contributed by atoms with Gasteiger partial charge in [-0.25, -0.2) is 0 Å². The number of carbonyl (C=O) groups excluding carboxylic acids is 1. The molecule has 0 spiro atoms. The molecule has 168 valence electrons. The summed E-state index contributed by atoms with van der Waals surface area (Å²) in [6, 6.07) is 14.1. The van der Waals surface area contributed by atoms with E-state index in [1.165, 1.54) is 12.1 Å². The summed E-state index contributed by atoms with van der Waals surface area (Å²) in [7, 11) is 1.64. The van der Waals surface area contributed by atoms with Crippen molar-refractivity contribution in [3.63, 3.8) is 0 Å². The van der Waals surface area contributed by atoms with E-state index in [4.69, 9.17) is 4.74 Å². The first-order valence-corrected chi connectivity index (χ1v) is 9.46. The fourth-order valence-electron chi connectivity index (χ4n) is 3.18. The van der Waals surface area contributed by atoms with Gasteiger partial charge in [-0.1, -0.05) is 30.3 Å². The average molecular weight is 548 g/mol. The van der Waals surface area contributed by atoms with Gasteiger partial charge in [-0.2, -0.15) is 13.2 Å². The van der Waals surface area contributed by atoms with Crippen LogP contribution in [0.4, 0.5) is 18.9 Å². The summed E-state index contributed by atoms with van der Waals surface area (Å²) in [6.07, 6.45) is -3.97. The molecule has 0 saturated carbocycles. The largest absolute Gasteiger partial charge is 0.484 e. The number of para-hydroxylation sites is 1. The predicted octanol–water partition coefficient (Wildman–Crippen LogP) is 4.04. The van der Waals surface area contributed by atoms with Crippen LogP contribution in [0.15, 0.2) is 53.5 Å². The van der Waals surface area contributed by atoms with Gasteiger partial charge in [-0.3, -0.25) is 9.79 Å². The molecule has 0 saturated heterocycles. The number of aliphatic imine (C=N–C) groups is 1. The van der Waals surface area contributed by atoms with E-state index < -0.39 is 12.8 Å². The number of nitrogens with zero attached hydrogens (tertiary/aromatic N) is 1. The van der Waals surface area contributed by atoms with Gasteiger partial charge in [0.25, 0.3) is 0 Å². The number of carbonyl (C=O) groups is 1. The third-order valence-corrected chi connectivity index (χ3v) is 4.63. The lowest BCUT2D eigenvalue weighted by atomic mass is 9.90. The van der Waals surface area contributed by atoms with Crippen molar-refractivity contribution in [2.45, 2.75) is 25.1 Å². The van der Waals surface area contributed by atoms with Crippen molar-refractivity contribution in [1.82, 2.24) is 10.6 Å². The molecule has 1 aliphatic heterocycles. The Morgan fingerprint density at radius 1 is 1.16 bits per heavy atom. The maximum atomic E-state index is 12.2. The van der Waals surface area contributed by atoms with Gasteiger partial charge >= 0.3 is 6.18 Å². The lowest BCUT2D eigenvalue weighted by Gasteiger charge is -2.26. The van der Waals surface area contributed by atoms with E-state index in [0.717, 1.165) is 16.8 Å². The van der Waals surface area contributed by atoms with E-state index >= 15 is 0 Å². The van der Waals surface area contributed by atoms with Crippen molar-refractivity contribution < 1.29 is 22.7 Å². The third-order valence-electron chi connectivity index (χ3n) is 4.63. The molecule has 10 heteroatoms. The highest BCUT2D eigenvalue weighted by Gasteiger charge is 2.28. The first-order chi connectivity index (χ1) is 14.3. The van der Waals surface area contributed by atoms with Crippen LogP contribution in [0.2, 0.25) is 0 Å². The molecule has 1 amide bonds. The molecule has 0 bridgehead atoms. The van der Waals surface area contributed by atoms with Gasteiger partial charge < -0.3 is 20.7 Å². The van der Waals surface area contributed by atoms with Crippen molar-refractivity contribution in [3.05, 3.63) is 59.7 Å². The summed E-state index contributed by atoms with van der Waals surface area (Å²) in [5, 5.41) is 9.26. The van der Waals surface area contributed by atoms with Gasteiger partial charge in [0.1, 0.15) is 5.75 Å². The normalized spacial score (nSPS) is 15.9. The molecular weight excluding hydrogens is 524 g/mol. The van der Waals surface area contributed by atoms with E-state index in [1.807, 2.05) is 24.3 Å². The number of ether oxygens (including phenoxy) is 1. The fourth-order valence-corrected chi connectivity index (χ4v) is 3.18. The van der Waals surface area contributed by atoms with Crippen molar-refractivity contribution in [3.8, 4) is 5.75 Å². The molecule has 1 heterocycles. The molecule has 6 nitrogen and oxygen atoms in total. The van der Waals surface area contributed by atoms with Crippen LogP contribution in [0.3, 0.4) is 0 Å². The highest BCUT2D eigenvalue weighted by Crippen LogP contribution is 2.31. The second kappa shape index (κ2) is 11.2. The van der Waals surface area contributed by atoms with Crippen molar-refractivity contribution >= 4 is 41.5 Å². The first kappa shape index (κ1) is 24.8. The summed E-state index contributed by atoms with van der Waals surface area (Å²) in [5.41, 5.74) is 2.77. The van der Waals surface area contributed by atoms with E-state index in [-0.39, 0.29) is 41.6 Å². The Bertz CT molecular complexity index is 904. The maximum Gasteiger partial charge on any atom is 0.422 e. The second-order valence-corrected chi connectivity index (χ2v) is 6.89. The molecule has 1 aliphatic rings. The topological polar surface area (TPSA) is 74.8 Å². The van der Waals surface area contributed by atoms with Gasteiger partial charge in [0, 0.05) is 38.2 Å². The van der Waals surface area contributed by atoms with E-state index in [2.05, 4.69) is 20.9 Å². The molecule has 0 aliphatic carbocycles. The predicted molar refractivity (Wildman–Crippen MR) is 124 cm³/mol. The molecule has 2 aromatic rings. The van der Waals surface area contributed by atoms with Gasteiger partial charge in [-0.15, -0.1) is 24.0 Å². The van der Waals surface area contributed by atoms with Crippen LogP contribution in [0.5, 0.6) is 5.75 Å². The fraction of sp³-hybridized carbons (Fsp3) is 0.333. The molecule has 1 atom stereocenters. The van der Waals surface area contributed by atoms with Crippen molar-refractivity contribution in [2.24, 2.45) is 4.99 Å². The second-order valence-electron chi connectivity index (χ2n) is 6.89. The van der Waals surface area contributed by atoms with Crippen LogP contribution < -0.4 is 20.7 Å². The van der Waals surface area contributed by atoms with Gasteiger partial charge in [0.05, 0.1) is 0 Å². The zero-order chi connectivity index (χ0) is 21.6. The SMILES string of the molecule is CN=C(NCc1ccc(OCC(F)(F)F)cc1)NCC1CC(=O)Nc2ccccc21.I. The van der Waals surface area contributed by atoms with Crippen molar-refractivity contribution in [1.29, 1.82) is 0 Å². The number of rotatable bonds is 6. The Morgan fingerprint density at radius 3 is 2.55 bits per heavy atom. The molecule has 31 heavy (non-hydrogen) atoms. The number of guanidine groups is 1. The molecule has 1 unspecified atom stereocenters. The molecule has 3 rings (SSSR count). The van der Waals surface area contributed by atoms with Gasteiger partial charge in [0.15, 0.2) is 12.6 Å². The molecule has 0 fully saturated rings. The van der Waals surface area contributed by atoms with Crippen LogP contribution in [0.1, 0.15) is 23.5 Å². The minimum absolute atomic E-state index is 0. The highest BCUT2D eigenvalue weighted by molar-refractivity contribution is 14.0. The Morgan fingerprint density at radius 2 is 1.87 bits per heavy atom. The van der Waals surface area contributed by atoms with E-state index in [1.54, 1.807) is 19.2 Å². The number of nitrogens with one attached hydrogen (secondary N) is 3. The van der Waals surface area contributed by atoms with Crippen molar-refractivity contribution in [2.75, 3.05) is 25.5 Å². The molecular formula is C21H24F3IN4O2. The molecule has 0 aromatic heterocycles. The summed E-state index contributed by atoms with van der Waals surface area (Å²) in [5.74, 6) is 0.735. The number of halogens is 4. The highest BCUT2D eigenvalue weighted by atomic mass is 127. The maximum absolute atomic E-state index is 12.2. The first-order valence-electron chi connectivity index (χ1n) is 9.46. The zero-order valence-electron chi connectivity index (χ0n) is 16.8. The Kier molecular flexibility index (Phi) is 8.96. The van der Waals surface area contributed by atoms with Crippen LogP contribution in [0.25, 0.3) is 0 Å². The lowest BCUT2D eigenvalue weighted by Crippen LogP contribution is -2.40. The van der Waals surface area contributed by atoms with Crippen LogP contribution in [-0.4, -0.2) is 38.2 Å². The van der Waals surface area contributed by atoms with Crippen LogP contribution >= 0.6 is 24.0 Å². The number of hydrogen-bond donors (Lipinski definition) is 3. The summed E-state index contributed by atoms with van der Waals surface area (Å²) in [6.45, 7) is -0.348. The molecule has 2 aromatic carbocycles. The van der Waals surface area contributed by atoms with E-state index in [9.17, 15) is 18.0 Å². The number of benzene rings is 2. The summed E-state index contributed by atoms with van der Waals surface area (Å²) < 4.78 is 41.3. The lowest BCUT2D eigenvalue weighted by molar-refractivity contribution is -0.153. The number of anilines is 1. The molecule has 0 radical (unpaired) electrons. The standard InChI is InChI=1S/C21H23F3N4O2.HI/c1-25-20(26-11-14-6-8-16(9-7-14)30-13-21(22,23)24)27-12-15-10-19(29)28-18-5-3-2-4-17(15)18;/h2-9,15H,10-13H2,1H3,(H,28,29)(H2,25,26,27);1H. The summed E-state index contributed by atoms with van der Waals surface area (Å²) >= 11 is 0. The van der Waals surface area contributed by atoms with E-state index in [0.29, 0.717) is 25.5 Å². The van der Waals surface area contributed by atoms with Crippen LogP contribution in [-0.2, 0) is 11.3 Å². The molecule has 3 N–H and O–H groups in total. The Labute approximate surface area is 195 Å². The smallest absolute Gasteiger partial charge is 0.422 e. The number of hydrogen-bond acceptors (Lipinski definition) is 3. The zero-order valence-corrected chi connectivity index (χ0v) is 19.2. The van der Waals surface area contributed by atoms with Gasteiger partial charge in [0.2, 0.25) is 5.91 Å². The quantitative estimate of drug-likeness (QED) is 0.290. The number of amides is 1. The number of alkyl halides is 3. The Balaban J connectivity index is 0.00000341. The minimum atomic E-state index is -4.36. The van der Waals surface area contributed by atoms with Crippen LogP contribution in [0, 0.1) is 0 Å². The minimum Gasteiger partial charge on any atom is -0.484 e. The monoisotopic (exact) mass is 548 g/mol. The summed E-state index contributed by atoms with van der Waals surface area (Å²) in [4.78, 5) is 16.1. The third kappa shape index (κ3) is 7.60.